The van der Waals surface area contributed by atoms with Crippen LogP contribution in [0, 0.1) is 0 Å². The van der Waals surface area contributed by atoms with Crippen molar-refractivity contribution in [1.29, 1.82) is 0 Å². The monoisotopic (exact) mass is 198 g/mol. The van der Waals surface area contributed by atoms with Crippen molar-refractivity contribution in [2.24, 2.45) is 0 Å². The van der Waals surface area contributed by atoms with E-state index in [1.54, 1.807) is 0 Å². The van der Waals surface area contributed by atoms with Crippen LogP contribution in [0.1, 0.15) is 40.5 Å². The zero-order valence-corrected chi connectivity index (χ0v) is 9.71. The maximum atomic E-state index is 9.56. The molecule has 0 heterocycles. The molecule has 1 atom stereocenters. The van der Waals surface area contributed by atoms with Gasteiger partial charge in [0.15, 0.2) is 6.29 Å². The molecule has 0 rings (SSSR count). The summed E-state index contributed by atoms with van der Waals surface area (Å²) in [4.78, 5) is 0. The van der Waals surface area contributed by atoms with Crippen molar-refractivity contribution in [3.63, 3.8) is 0 Å². The molecule has 0 aromatic heterocycles. The Hall–Kier alpha value is -0.600. The predicted octanol–water partition coefficient (Wildman–Crippen LogP) is 3.03. The van der Waals surface area contributed by atoms with Crippen LogP contribution in [0.4, 0.5) is 0 Å². The van der Waals surface area contributed by atoms with Gasteiger partial charge in [-0.1, -0.05) is 17.7 Å². The van der Waals surface area contributed by atoms with E-state index in [0.29, 0.717) is 6.42 Å². The van der Waals surface area contributed by atoms with Gasteiger partial charge in [-0.15, -0.1) is 6.58 Å². The zero-order valence-electron chi connectivity index (χ0n) is 9.71. The van der Waals surface area contributed by atoms with Gasteiger partial charge in [0.1, 0.15) is 0 Å². The second kappa shape index (κ2) is 5.99. The van der Waals surface area contributed by atoms with Crippen LogP contribution >= 0.6 is 0 Å². The van der Waals surface area contributed by atoms with Crippen LogP contribution in [-0.2, 0) is 4.74 Å². The molecule has 0 aliphatic rings. The maximum Gasteiger partial charge on any atom is 0.155 e. The predicted molar refractivity (Wildman–Crippen MR) is 60.0 cm³/mol. The molecule has 0 bridgehead atoms. The van der Waals surface area contributed by atoms with Gasteiger partial charge in [-0.2, -0.15) is 0 Å². The van der Waals surface area contributed by atoms with Gasteiger partial charge >= 0.3 is 0 Å². The fourth-order valence-electron chi connectivity index (χ4n) is 1.22. The van der Waals surface area contributed by atoms with E-state index >= 15 is 0 Å². The summed E-state index contributed by atoms with van der Waals surface area (Å²) in [5.74, 6) is 0. The average molecular weight is 198 g/mol. The topological polar surface area (TPSA) is 29.5 Å². The Kier molecular flexibility index (Phi) is 5.73. The molecule has 2 nitrogen and oxygen atoms in total. The van der Waals surface area contributed by atoms with Crippen LogP contribution < -0.4 is 0 Å². The smallest absolute Gasteiger partial charge is 0.155 e. The number of ether oxygens (including phenoxy) is 1. The number of aliphatic hydroxyl groups excluding tert-OH is 1. The molecule has 2 heteroatoms. The lowest BCUT2D eigenvalue weighted by atomic mass is 10.1. The minimum atomic E-state index is -0.710. The number of hydrogen-bond donors (Lipinski definition) is 1. The van der Waals surface area contributed by atoms with E-state index in [1.165, 1.54) is 0 Å². The molecule has 14 heavy (non-hydrogen) atoms. The lowest BCUT2D eigenvalue weighted by Crippen LogP contribution is -2.28. The standard InChI is InChI=1S/C12H22O2/c1-6-9-12(4,5)14-11(13)8-7-10(2)3/h6,9,11,13H,2,7-8H2,1,3-5H3. The molecule has 0 aliphatic heterocycles. The molecular formula is C12H22O2. The van der Waals surface area contributed by atoms with Crippen LogP contribution in [0.25, 0.3) is 0 Å². The van der Waals surface area contributed by atoms with Crippen LogP contribution in [0.3, 0.4) is 0 Å². The van der Waals surface area contributed by atoms with E-state index in [4.69, 9.17) is 4.74 Å². The lowest BCUT2D eigenvalue weighted by molar-refractivity contribution is -0.156. The van der Waals surface area contributed by atoms with Crippen molar-refractivity contribution in [3.8, 4) is 0 Å². The summed E-state index contributed by atoms with van der Waals surface area (Å²) in [6, 6.07) is 0. The number of allylic oxidation sites excluding steroid dienone is 2. The normalized spacial score (nSPS) is 14.6. The Morgan fingerprint density at radius 3 is 2.57 bits per heavy atom. The minimum Gasteiger partial charge on any atom is -0.368 e. The van der Waals surface area contributed by atoms with Gasteiger partial charge < -0.3 is 9.84 Å². The van der Waals surface area contributed by atoms with E-state index in [1.807, 2.05) is 39.8 Å². The molecule has 1 N–H and O–H groups in total. The van der Waals surface area contributed by atoms with E-state index in [2.05, 4.69) is 6.58 Å². The van der Waals surface area contributed by atoms with Gasteiger partial charge in [0, 0.05) is 6.42 Å². The molecule has 82 valence electrons. The minimum absolute atomic E-state index is 0.400. The largest absolute Gasteiger partial charge is 0.368 e. The first-order valence-electron chi connectivity index (χ1n) is 5.01. The van der Waals surface area contributed by atoms with Crippen LogP contribution in [-0.4, -0.2) is 17.0 Å². The number of hydrogen-bond acceptors (Lipinski definition) is 2. The first-order chi connectivity index (χ1) is 6.37. The van der Waals surface area contributed by atoms with Crippen LogP contribution in [0.5, 0.6) is 0 Å². The third-order valence-electron chi connectivity index (χ3n) is 1.83. The van der Waals surface area contributed by atoms with Crippen molar-refractivity contribution >= 4 is 0 Å². The SMILES string of the molecule is C=C(C)CCC(O)OC(C)(C)C=CC. The first kappa shape index (κ1) is 13.4. The average Bonchev–Trinajstić information content (AvgIpc) is 1.99. The van der Waals surface area contributed by atoms with Gasteiger partial charge in [0.05, 0.1) is 5.60 Å². The summed E-state index contributed by atoms with van der Waals surface area (Å²) < 4.78 is 5.46. The highest BCUT2D eigenvalue weighted by molar-refractivity contribution is 4.95. The number of aliphatic hydroxyl groups is 1. The first-order valence-corrected chi connectivity index (χ1v) is 5.01. The molecule has 0 aromatic carbocycles. The van der Waals surface area contributed by atoms with Crippen LogP contribution in [0.15, 0.2) is 24.3 Å². The van der Waals surface area contributed by atoms with E-state index in [-0.39, 0.29) is 0 Å². The van der Waals surface area contributed by atoms with Crippen molar-refractivity contribution < 1.29 is 9.84 Å². The van der Waals surface area contributed by atoms with Crippen molar-refractivity contribution in [3.05, 3.63) is 24.3 Å². The van der Waals surface area contributed by atoms with Crippen molar-refractivity contribution in [1.82, 2.24) is 0 Å². The highest BCUT2D eigenvalue weighted by Crippen LogP contribution is 2.16. The molecule has 0 fully saturated rings. The summed E-state index contributed by atoms with van der Waals surface area (Å²) in [6.07, 6.45) is 4.55. The summed E-state index contributed by atoms with van der Waals surface area (Å²) in [5, 5.41) is 9.56. The van der Waals surface area contributed by atoms with Gasteiger partial charge in [-0.05, 0) is 34.1 Å². The Balaban J connectivity index is 3.92. The Labute approximate surface area is 87.3 Å². The summed E-state index contributed by atoms with van der Waals surface area (Å²) in [7, 11) is 0. The van der Waals surface area contributed by atoms with Crippen LogP contribution in [0.2, 0.25) is 0 Å². The van der Waals surface area contributed by atoms with E-state index in [0.717, 1.165) is 12.0 Å². The molecule has 0 radical (unpaired) electrons. The molecule has 0 aliphatic carbocycles. The van der Waals surface area contributed by atoms with Gasteiger partial charge in [0.25, 0.3) is 0 Å². The van der Waals surface area contributed by atoms with Gasteiger partial charge in [-0.3, -0.25) is 0 Å². The van der Waals surface area contributed by atoms with Gasteiger partial charge in [0.2, 0.25) is 0 Å². The molecular weight excluding hydrogens is 176 g/mol. The molecule has 0 saturated heterocycles. The highest BCUT2D eigenvalue weighted by atomic mass is 16.6. The summed E-state index contributed by atoms with van der Waals surface area (Å²) in [5.41, 5.74) is 0.667. The van der Waals surface area contributed by atoms with Gasteiger partial charge in [-0.25, -0.2) is 0 Å². The Bertz CT molecular complexity index is 204. The van der Waals surface area contributed by atoms with Crippen molar-refractivity contribution in [2.75, 3.05) is 0 Å². The lowest BCUT2D eigenvalue weighted by Gasteiger charge is -2.25. The molecule has 0 saturated carbocycles. The maximum absolute atomic E-state index is 9.56. The zero-order chi connectivity index (χ0) is 11.2. The number of rotatable bonds is 6. The third-order valence-corrected chi connectivity index (χ3v) is 1.83. The van der Waals surface area contributed by atoms with E-state index in [9.17, 15) is 5.11 Å². The summed E-state index contributed by atoms with van der Waals surface area (Å²) in [6.45, 7) is 11.5. The Morgan fingerprint density at radius 2 is 2.14 bits per heavy atom. The second-order valence-corrected chi connectivity index (χ2v) is 4.17. The molecule has 1 unspecified atom stereocenters. The molecule has 0 amide bonds. The Morgan fingerprint density at radius 1 is 1.57 bits per heavy atom. The fraction of sp³-hybridized carbons (Fsp3) is 0.667. The molecule has 0 spiro atoms. The fourth-order valence-corrected chi connectivity index (χ4v) is 1.22. The van der Waals surface area contributed by atoms with E-state index < -0.39 is 11.9 Å². The molecule has 0 aromatic rings. The summed E-state index contributed by atoms with van der Waals surface area (Å²) >= 11 is 0. The second-order valence-electron chi connectivity index (χ2n) is 4.17. The van der Waals surface area contributed by atoms with Crippen molar-refractivity contribution in [2.45, 2.75) is 52.4 Å². The quantitative estimate of drug-likeness (QED) is 0.525. The third kappa shape index (κ3) is 6.87. The highest BCUT2D eigenvalue weighted by Gasteiger charge is 2.18.